The van der Waals surface area contributed by atoms with Crippen LogP contribution < -0.4 is 10.1 Å². The number of aromatic nitrogens is 2. The van der Waals surface area contributed by atoms with Gasteiger partial charge in [0.15, 0.2) is 0 Å². The van der Waals surface area contributed by atoms with Gasteiger partial charge >= 0.3 is 0 Å². The molecule has 0 aliphatic heterocycles. The minimum Gasteiger partial charge on any atom is -0.491 e. The minimum atomic E-state index is 0.548. The third-order valence-electron chi connectivity index (χ3n) is 3.39. The lowest BCUT2D eigenvalue weighted by atomic mass is 10.2. The smallest absolute Gasteiger partial charge is 0.145 e. The van der Waals surface area contributed by atoms with Gasteiger partial charge in [-0.05, 0) is 30.7 Å². The first-order valence-corrected chi connectivity index (χ1v) is 7.44. The first-order chi connectivity index (χ1) is 11.4. The fourth-order valence-electron chi connectivity index (χ4n) is 2.29. The molecule has 23 heavy (non-hydrogen) atoms. The molecule has 2 heterocycles. The average Bonchev–Trinajstić information content (AvgIpc) is 2.62. The molecular formula is C18H16N4O. The van der Waals surface area contributed by atoms with Gasteiger partial charge in [-0.1, -0.05) is 18.2 Å². The first-order valence-electron chi connectivity index (χ1n) is 7.44. The molecule has 0 aliphatic carbocycles. The van der Waals surface area contributed by atoms with E-state index in [1.165, 1.54) is 0 Å². The predicted octanol–water partition coefficient (Wildman–Crippen LogP) is 3.38. The molecule has 5 nitrogen and oxygen atoms in total. The van der Waals surface area contributed by atoms with Crippen molar-refractivity contribution in [3.05, 3.63) is 60.4 Å². The number of hydrogen-bond acceptors (Lipinski definition) is 5. The Balaban J connectivity index is 1.53. The van der Waals surface area contributed by atoms with Crippen LogP contribution in [0, 0.1) is 11.3 Å². The van der Waals surface area contributed by atoms with E-state index in [0.29, 0.717) is 24.5 Å². The molecule has 0 atom stereocenters. The summed E-state index contributed by atoms with van der Waals surface area (Å²) < 4.78 is 5.83. The highest BCUT2D eigenvalue weighted by molar-refractivity contribution is 5.84. The van der Waals surface area contributed by atoms with Crippen molar-refractivity contribution in [3.8, 4) is 11.8 Å². The third-order valence-corrected chi connectivity index (χ3v) is 3.39. The summed E-state index contributed by atoms with van der Waals surface area (Å²) in [7, 11) is 0. The number of hydrogen-bond donors (Lipinski definition) is 1. The highest BCUT2D eigenvalue weighted by atomic mass is 16.5. The summed E-state index contributed by atoms with van der Waals surface area (Å²) in [5, 5.41) is 13.2. The first kappa shape index (κ1) is 14.8. The summed E-state index contributed by atoms with van der Waals surface area (Å²) in [6.07, 6.45) is 4.23. The van der Waals surface area contributed by atoms with E-state index in [2.05, 4.69) is 21.4 Å². The van der Waals surface area contributed by atoms with Crippen LogP contribution in [0.15, 0.2) is 54.9 Å². The molecule has 114 valence electrons. The Kier molecular flexibility index (Phi) is 4.65. The summed E-state index contributed by atoms with van der Waals surface area (Å²) in [6, 6.07) is 15.4. The van der Waals surface area contributed by atoms with Crippen molar-refractivity contribution < 1.29 is 4.74 Å². The van der Waals surface area contributed by atoms with E-state index in [0.717, 1.165) is 23.1 Å². The van der Waals surface area contributed by atoms with E-state index in [1.807, 2.05) is 30.3 Å². The van der Waals surface area contributed by atoms with Gasteiger partial charge in [0.2, 0.25) is 0 Å². The standard InChI is InChI=1S/C18H16N4O/c19-13-15-7-3-10-21-18(15)22-11-4-12-23-16-8-1-5-14-6-2-9-20-17(14)16/h1-3,5-10H,4,11-12H2,(H,21,22). The molecule has 0 saturated carbocycles. The molecule has 0 spiro atoms. The molecular weight excluding hydrogens is 288 g/mol. The van der Waals surface area contributed by atoms with Crippen molar-refractivity contribution in [1.29, 1.82) is 5.26 Å². The van der Waals surface area contributed by atoms with Gasteiger partial charge < -0.3 is 10.1 Å². The molecule has 3 aromatic rings. The van der Waals surface area contributed by atoms with Crippen LogP contribution in [0.1, 0.15) is 12.0 Å². The molecule has 3 rings (SSSR count). The highest BCUT2D eigenvalue weighted by Gasteiger charge is 2.03. The van der Waals surface area contributed by atoms with Gasteiger partial charge in [0.05, 0.1) is 12.2 Å². The van der Waals surface area contributed by atoms with Crippen molar-refractivity contribution in [2.24, 2.45) is 0 Å². The maximum atomic E-state index is 9.01. The zero-order chi connectivity index (χ0) is 15.9. The van der Waals surface area contributed by atoms with E-state index in [4.69, 9.17) is 10.00 Å². The van der Waals surface area contributed by atoms with Crippen molar-refractivity contribution in [2.75, 3.05) is 18.5 Å². The summed E-state index contributed by atoms with van der Waals surface area (Å²) in [5.74, 6) is 1.40. The quantitative estimate of drug-likeness (QED) is 0.707. The molecule has 0 saturated heterocycles. The van der Waals surface area contributed by atoms with E-state index < -0.39 is 0 Å². The van der Waals surface area contributed by atoms with E-state index in [9.17, 15) is 0 Å². The monoisotopic (exact) mass is 304 g/mol. The third kappa shape index (κ3) is 3.55. The molecule has 0 aliphatic rings. The lowest BCUT2D eigenvalue weighted by molar-refractivity contribution is 0.318. The topological polar surface area (TPSA) is 70.8 Å². The summed E-state index contributed by atoms with van der Waals surface area (Å²) in [6.45, 7) is 1.25. The minimum absolute atomic E-state index is 0.548. The number of ether oxygens (including phenoxy) is 1. The fourth-order valence-corrected chi connectivity index (χ4v) is 2.29. The zero-order valence-electron chi connectivity index (χ0n) is 12.6. The van der Waals surface area contributed by atoms with Crippen LogP contribution in [-0.2, 0) is 0 Å². The Bertz CT molecular complexity index is 836. The fraction of sp³-hybridized carbons (Fsp3) is 0.167. The average molecular weight is 304 g/mol. The number of nitrogens with one attached hydrogen (secondary N) is 1. The number of nitriles is 1. The Morgan fingerprint density at radius 3 is 2.78 bits per heavy atom. The van der Waals surface area contributed by atoms with Gasteiger partial charge in [0, 0.05) is 24.3 Å². The second-order valence-electron chi connectivity index (χ2n) is 4.97. The normalized spacial score (nSPS) is 10.2. The van der Waals surface area contributed by atoms with Crippen LogP contribution in [0.25, 0.3) is 10.9 Å². The van der Waals surface area contributed by atoms with Crippen LogP contribution in [-0.4, -0.2) is 23.1 Å². The number of benzene rings is 1. The second kappa shape index (κ2) is 7.23. The number of nitrogens with zero attached hydrogens (tertiary/aromatic N) is 3. The molecule has 0 radical (unpaired) electrons. The molecule has 0 unspecified atom stereocenters. The van der Waals surface area contributed by atoms with Crippen LogP contribution in [0.4, 0.5) is 5.82 Å². The number of rotatable bonds is 6. The molecule has 0 fully saturated rings. The maximum Gasteiger partial charge on any atom is 0.145 e. The van der Waals surface area contributed by atoms with Crippen LogP contribution in [0.3, 0.4) is 0 Å². The van der Waals surface area contributed by atoms with Crippen molar-refractivity contribution in [1.82, 2.24) is 9.97 Å². The summed E-state index contributed by atoms with van der Waals surface area (Å²) in [5.41, 5.74) is 1.42. The predicted molar refractivity (Wildman–Crippen MR) is 89.3 cm³/mol. The van der Waals surface area contributed by atoms with Crippen molar-refractivity contribution in [2.45, 2.75) is 6.42 Å². The van der Waals surface area contributed by atoms with Crippen molar-refractivity contribution in [3.63, 3.8) is 0 Å². The molecule has 0 bridgehead atoms. The van der Waals surface area contributed by atoms with Gasteiger partial charge in [-0.3, -0.25) is 4.98 Å². The van der Waals surface area contributed by atoms with E-state index in [-0.39, 0.29) is 0 Å². The Morgan fingerprint density at radius 2 is 1.87 bits per heavy atom. The Labute approximate surface area is 134 Å². The van der Waals surface area contributed by atoms with Gasteiger partial charge in [-0.15, -0.1) is 0 Å². The molecule has 2 aromatic heterocycles. The lowest BCUT2D eigenvalue weighted by Gasteiger charge is -2.10. The number of pyridine rings is 2. The SMILES string of the molecule is N#Cc1cccnc1NCCCOc1cccc2cccnc12. The van der Waals surface area contributed by atoms with E-state index in [1.54, 1.807) is 24.5 Å². The van der Waals surface area contributed by atoms with Crippen LogP contribution >= 0.6 is 0 Å². The largest absolute Gasteiger partial charge is 0.491 e. The summed E-state index contributed by atoms with van der Waals surface area (Å²) in [4.78, 5) is 8.53. The molecule has 0 amide bonds. The number of fused-ring (bicyclic) bond motifs is 1. The second-order valence-corrected chi connectivity index (χ2v) is 4.97. The Morgan fingerprint density at radius 1 is 1.04 bits per heavy atom. The van der Waals surface area contributed by atoms with E-state index >= 15 is 0 Å². The number of para-hydroxylation sites is 1. The summed E-state index contributed by atoms with van der Waals surface area (Å²) >= 11 is 0. The van der Waals surface area contributed by atoms with Gasteiger partial charge in [-0.2, -0.15) is 5.26 Å². The molecule has 1 aromatic carbocycles. The van der Waals surface area contributed by atoms with Crippen LogP contribution in [0.2, 0.25) is 0 Å². The van der Waals surface area contributed by atoms with Crippen molar-refractivity contribution >= 4 is 16.7 Å². The highest BCUT2D eigenvalue weighted by Crippen LogP contribution is 2.22. The zero-order valence-corrected chi connectivity index (χ0v) is 12.6. The van der Waals surface area contributed by atoms with Gasteiger partial charge in [-0.25, -0.2) is 4.98 Å². The molecule has 5 heteroatoms. The van der Waals surface area contributed by atoms with Gasteiger partial charge in [0.25, 0.3) is 0 Å². The van der Waals surface area contributed by atoms with Gasteiger partial charge in [0.1, 0.15) is 23.2 Å². The maximum absolute atomic E-state index is 9.01. The van der Waals surface area contributed by atoms with Crippen LogP contribution in [0.5, 0.6) is 5.75 Å². The lowest BCUT2D eigenvalue weighted by Crippen LogP contribution is -2.09. The molecule has 1 N–H and O–H groups in total. The Hall–Kier alpha value is -3.13. The number of anilines is 1.